The molecule has 0 bridgehead atoms. The van der Waals surface area contributed by atoms with Crippen molar-refractivity contribution in [3.8, 4) is 16.9 Å². The molecule has 1 N–H and O–H groups in total. The molecular formula is C22H21Cl2NO3. The number of likely N-dealkylation sites (tertiary alicyclic amines) is 1. The molecule has 0 aliphatic carbocycles. The van der Waals surface area contributed by atoms with Crippen LogP contribution in [0.3, 0.4) is 0 Å². The van der Waals surface area contributed by atoms with E-state index in [2.05, 4.69) is 11.8 Å². The van der Waals surface area contributed by atoms with Gasteiger partial charge in [0.2, 0.25) is 5.43 Å². The molecular weight excluding hydrogens is 397 g/mol. The number of phenolic OH excluding ortho intramolecular Hbond substituents is 1. The minimum Gasteiger partial charge on any atom is -0.507 e. The number of phenols is 1. The van der Waals surface area contributed by atoms with Gasteiger partial charge in [0, 0.05) is 17.1 Å². The molecule has 0 saturated carbocycles. The Morgan fingerprint density at radius 3 is 2.61 bits per heavy atom. The molecule has 1 fully saturated rings. The highest BCUT2D eigenvalue weighted by Gasteiger charge is 2.21. The van der Waals surface area contributed by atoms with Gasteiger partial charge in [-0.1, -0.05) is 36.2 Å². The lowest BCUT2D eigenvalue weighted by Gasteiger charge is -2.30. The van der Waals surface area contributed by atoms with Crippen molar-refractivity contribution in [3.05, 3.63) is 62.4 Å². The van der Waals surface area contributed by atoms with Gasteiger partial charge >= 0.3 is 0 Å². The molecule has 0 spiro atoms. The zero-order chi connectivity index (χ0) is 19.8. The van der Waals surface area contributed by atoms with Crippen LogP contribution >= 0.6 is 23.2 Å². The highest BCUT2D eigenvalue weighted by molar-refractivity contribution is 6.36. The third kappa shape index (κ3) is 3.64. The number of hydrogen-bond donors (Lipinski definition) is 1. The molecule has 0 amide bonds. The number of hydrogen-bond acceptors (Lipinski definition) is 4. The van der Waals surface area contributed by atoms with Crippen LogP contribution in [0.1, 0.15) is 25.3 Å². The predicted octanol–water partition coefficient (Wildman–Crippen LogP) is 5.70. The van der Waals surface area contributed by atoms with Gasteiger partial charge in [-0.15, -0.1) is 0 Å². The molecule has 1 aromatic heterocycles. The Kier molecular flexibility index (Phi) is 5.37. The van der Waals surface area contributed by atoms with Gasteiger partial charge in [0.25, 0.3) is 0 Å². The Labute approximate surface area is 173 Å². The van der Waals surface area contributed by atoms with Crippen LogP contribution in [0.2, 0.25) is 10.0 Å². The second-order valence-electron chi connectivity index (χ2n) is 7.50. The fourth-order valence-corrected chi connectivity index (χ4v) is 4.25. The molecule has 4 rings (SSSR count). The van der Waals surface area contributed by atoms with Gasteiger partial charge in [0.15, 0.2) is 0 Å². The first kappa shape index (κ1) is 19.3. The minimum atomic E-state index is -0.181. The molecule has 2 heterocycles. The smallest absolute Gasteiger partial charge is 0.200 e. The maximum atomic E-state index is 13.1. The maximum absolute atomic E-state index is 13.1. The van der Waals surface area contributed by atoms with Crippen LogP contribution in [0.5, 0.6) is 5.75 Å². The Morgan fingerprint density at radius 2 is 1.89 bits per heavy atom. The zero-order valence-corrected chi connectivity index (χ0v) is 17.1. The van der Waals surface area contributed by atoms with Crippen LogP contribution < -0.4 is 5.43 Å². The number of nitrogens with zero attached hydrogens (tertiary/aromatic N) is 1. The average Bonchev–Trinajstić information content (AvgIpc) is 2.67. The van der Waals surface area contributed by atoms with Crippen LogP contribution in [0, 0.1) is 5.92 Å². The summed E-state index contributed by atoms with van der Waals surface area (Å²) in [4.78, 5) is 15.4. The molecule has 3 aromatic rings. The van der Waals surface area contributed by atoms with Gasteiger partial charge in [0.05, 0.1) is 21.5 Å². The minimum absolute atomic E-state index is 0.145. The molecule has 1 aliphatic rings. The number of halogens is 2. The average molecular weight is 418 g/mol. The fraction of sp³-hybridized carbons (Fsp3) is 0.318. The van der Waals surface area contributed by atoms with Crippen molar-refractivity contribution in [2.24, 2.45) is 5.92 Å². The molecule has 1 saturated heterocycles. The molecule has 0 radical (unpaired) electrons. The van der Waals surface area contributed by atoms with Crippen molar-refractivity contribution in [2.45, 2.75) is 26.3 Å². The highest BCUT2D eigenvalue weighted by atomic mass is 35.5. The number of fused-ring (bicyclic) bond motifs is 1. The standard InChI is InChI=1S/C22H21Cl2NO3/c1-13-6-8-25(9-7-13)11-17-20(26)5-4-16-21(27)18(12-28-22(16)17)15-3-2-14(23)10-19(15)24/h2-5,10,12-13,26H,6-9,11H2,1H3. The first-order chi connectivity index (χ1) is 13.4. The molecule has 146 valence electrons. The molecule has 0 unspecified atom stereocenters. The van der Waals surface area contributed by atoms with E-state index in [1.54, 1.807) is 30.3 Å². The van der Waals surface area contributed by atoms with Gasteiger partial charge < -0.3 is 9.52 Å². The Morgan fingerprint density at radius 1 is 1.14 bits per heavy atom. The lowest BCUT2D eigenvalue weighted by molar-refractivity contribution is 0.184. The van der Waals surface area contributed by atoms with E-state index < -0.39 is 0 Å². The van der Waals surface area contributed by atoms with Gasteiger partial charge in [-0.25, -0.2) is 0 Å². The van der Waals surface area contributed by atoms with E-state index in [0.29, 0.717) is 44.2 Å². The van der Waals surface area contributed by atoms with E-state index in [1.807, 2.05) is 0 Å². The third-order valence-electron chi connectivity index (χ3n) is 5.50. The molecule has 4 nitrogen and oxygen atoms in total. The van der Waals surface area contributed by atoms with Crippen LogP contribution in [0.4, 0.5) is 0 Å². The van der Waals surface area contributed by atoms with E-state index >= 15 is 0 Å². The predicted molar refractivity (Wildman–Crippen MR) is 113 cm³/mol. The van der Waals surface area contributed by atoms with Gasteiger partial charge in [0.1, 0.15) is 17.6 Å². The fourth-order valence-electron chi connectivity index (χ4n) is 3.74. The largest absolute Gasteiger partial charge is 0.507 e. The van der Waals surface area contributed by atoms with Crippen molar-refractivity contribution in [1.82, 2.24) is 4.90 Å². The molecule has 6 heteroatoms. The van der Waals surface area contributed by atoms with Gasteiger partial charge in [-0.2, -0.15) is 0 Å². The van der Waals surface area contributed by atoms with E-state index in [4.69, 9.17) is 27.6 Å². The van der Waals surface area contributed by atoms with Crippen LogP contribution in [0.25, 0.3) is 22.1 Å². The Balaban J connectivity index is 1.77. The maximum Gasteiger partial charge on any atom is 0.200 e. The first-order valence-electron chi connectivity index (χ1n) is 9.38. The van der Waals surface area contributed by atoms with E-state index in [9.17, 15) is 9.90 Å². The van der Waals surface area contributed by atoms with Crippen LogP contribution in [-0.2, 0) is 6.54 Å². The quantitative estimate of drug-likeness (QED) is 0.593. The topological polar surface area (TPSA) is 53.7 Å². The summed E-state index contributed by atoms with van der Waals surface area (Å²) >= 11 is 12.2. The monoisotopic (exact) mass is 417 g/mol. The van der Waals surface area contributed by atoms with Crippen molar-refractivity contribution < 1.29 is 9.52 Å². The van der Waals surface area contributed by atoms with Crippen molar-refractivity contribution in [3.63, 3.8) is 0 Å². The van der Waals surface area contributed by atoms with E-state index in [-0.39, 0.29) is 11.2 Å². The second kappa shape index (κ2) is 7.78. The van der Waals surface area contributed by atoms with Crippen molar-refractivity contribution in [1.29, 1.82) is 0 Å². The zero-order valence-electron chi connectivity index (χ0n) is 15.5. The Hall–Kier alpha value is -2.01. The number of piperidine rings is 1. The lowest BCUT2D eigenvalue weighted by atomic mass is 9.98. The summed E-state index contributed by atoms with van der Waals surface area (Å²) in [6.45, 7) is 4.76. The highest BCUT2D eigenvalue weighted by Crippen LogP contribution is 2.33. The summed E-state index contributed by atoms with van der Waals surface area (Å²) in [6, 6.07) is 8.16. The number of aromatic hydroxyl groups is 1. The molecule has 0 atom stereocenters. The SMILES string of the molecule is CC1CCN(Cc2c(O)ccc3c(=O)c(-c4ccc(Cl)cc4Cl)coc23)CC1. The summed E-state index contributed by atoms with van der Waals surface area (Å²) in [5, 5.41) is 11.7. The normalized spacial score (nSPS) is 16.0. The summed E-state index contributed by atoms with van der Waals surface area (Å²) in [5.41, 5.74) is 1.84. The van der Waals surface area contributed by atoms with E-state index in [0.717, 1.165) is 31.8 Å². The van der Waals surface area contributed by atoms with Crippen LogP contribution in [-0.4, -0.2) is 23.1 Å². The molecule has 2 aromatic carbocycles. The molecule has 1 aliphatic heterocycles. The second-order valence-corrected chi connectivity index (χ2v) is 8.34. The number of rotatable bonds is 3. The summed E-state index contributed by atoms with van der Waals surface area (Å²) < 4.78 is 5.86. The van der Waals surface area contributed by atoms with Crippen LogP contribution in [0.15, 0.2) is 45.8 Å². The van der Waals surface area contributed by atoms with Gasteiger partial charge in [-0.3, -0.25) is 9.69 Å². The van der Waals surface area contributed by atoms with Gasteiger partial charge in [-0.05, 0) is 56.1 Å². The summed E-state index contributed by atoms with van der Waals surface area (Å²) in [7, 11) is 0. The summed E-state index contributed by atoms with van der Waals surface area (Å²) in [6.07, 6.45) is 3.68. The lowest BCUT2D eigenvalue weighted by Crippen LogP contribution is -2.32. The first-order valence-corrected chi connectivity index (χ1v) is 10.1. The van der Waals surface area contributed by atoms with Crippen molar-refractivity contribution in [2.75, 3.05) is 13.1 Å². The van der Waals surface area contributed by atoms with Crippen molar-refractivity contribution >= 4 is 34.2 Å². The van der Waals surface area contributed by atoms with E-state index in [1.165, 1.54) is 6.26 Å². The molecule has 28 heavy (non-hydrogen) atoms. The number of benzene rings is 2. The summed E-state index contributed by atoms with van der Waals surface area (Å²) in [5.74, 6) is 0.869. The Bertz CT molecular complexity index is 1090. The third-order valence-corrected chi connectivity index (χ3v) is 6.05.